The molecular weight excluding hydrogens is 368 g/mol. The second-order valence-corrected chi connectivity index (χ2v) is 8.23. The van der Waals surface area contributed by atoms with Crippen LogP contribution in [0.25, 0.3) is 0 Å². The Kier molecular flexibility index (Phi) is 5.82. The molecule has 6 nitrogen and oxygen atoms in total. The van der Waals surface area contributed by atoms with Gasteiger partial charge in [-0.05, 0) is 35.2 Å². The highest BCUT2D eigenvalue weighted by Gasteiger charge is 2.36. The summed E-state index contributed by atoms with van der Waals surface area (Å²) in [6.07, 6.45) is 0.158. The summed E-state index contributed by atoms with van der Waals surface area (Å²) in [6, 6.07) is 13.1. The lowest BCUT2D eigenvalue weighted by Crippen LogP contribution is -2.28. The lowest BCUT2D eigenvalue weighted by atomic mass is 9.86. The standard InChI is InChI=1S/C23H28N2O4/c1-23(2,3)16-10-11-19(28-4)17(13-16)24-22(27)15-12-21(26)25(14-15)18-8-6-7-9-20(18)29-5/h6-11,13,15H,12,14H2,1-5H3,(H,24,27). The van der Waals surface area contributed by atoms with Gasteiger partial charge in [-0.3, -0.25) is 9.59 Å². The Bertz CT molecular complexity index is 917. The average molecular weight is 396 g/mol. The van der Waals surface area contributed by atoms with E-state index in [-0.39, 0.29) is 23.7 Å². The molecule has 6 heteroatoms. The Morgan fingerprint density at radius 2 is 1.76 bits per heavy atom. The summed E-state index contributed by atoms with van der Waals surface area (Å²) in [4.78, 5) is 27.1. The van der Waals surface area contributed by atoms with E-state index in [1.807, 2.05) is 36.4 Å². The van der Waals surface area contributed by atoms with Crippen LogP contribution in [0.15, 0.2) is 42.5 Å². The maximum absolute atomic E-state index is 12.9. The molecule has 0 saturated carbocycles. The van der Waals surface area contributed by atoms with Gasteiger partial charge in [0, 0.05) is 13.0 Å². The number of methoxy groups -OCH3 is 2. The largest absolute Gasteiger partial charge is 0.495 e. The average Bonchev–Trinajstić information content (AvgIpc) is 3.08. The summed E-state index contributed by atoms with van der Waals surface area (Å²) < 4.78 is 10.8. The number of anilines is 2. The minimum atomic E-state index is -0.449. The van der Waals surface area contributed by atoms with Gasteiger partial charge in [-0.25, -0.2) is 0 Å². The van der Waals surface area contributed by atoms with Crippen LogP contribution in [-0.4, -0.2) is 32.6 Å². The molecule has 2 aromatic rings. The second kappa shape index (κ2) is 8.15. The maximum Gasteiger partial charge on any atom is 0.229 e. The van der Waals surface area contributed by atoms with E-state index >= 15 is 0 Å². The number of carbonyl (C=O) groups is 2. The van der Waals surface area contributed by atoms with Gasteiger partial charge in [-0.2, -0.15) is 0 Å². The van der Waals surface area contributed by atoms with E-state index in [0.29, 0.717) is 29.4 Å². The fourth-order valence-electron chi connectivity index (χ4n) is 3.48. The van der Waals surface area contributed by atoms with E-state index < -0.39 is 5.92 Å². The Morgan fingerprint density at radius 1 is 1.07 bits per heavy atom. The van der Waals surface area contributed by atoms with Gasteiger partial charge in [0.1, 0.15) is 11.5 Å². The Morgan fingerprint density at radius 3 is 2.41 bits per heavy atom. The lowest BCUT2D eigenvalue weighted by Gasteiger charge is -2.22. The first-order chi connectivity index (χ1) is 13.7. The first-order valence-corrected chi connectivity index (χ1v) is 9.67. The molecule has 0 aromatic heterocycles. The first-order valence-electron chi connectivity index (χ1n) is 9.67. The predicted octanol–water partition coefficient (Wildman–Crippen LogP) is 3.99. The van der Waals surface area contributed by atoms with Crippen LogP contribution in [0, 0.1) is 5.92 Å². The number of ether oxygens (including phenoxy) is 2. The SMILES string of the molecule is COc1ccc(C(C)(C)C)cc1NC(=O)C1CC(=O)N(c2ccccc2OC)C1. The van der Waals surface area contributed by atoms with Crippen LogP contribution < -0.4 is 19.7 Å². The molecular formula is C23H28N2O4. The van der Waals surface area contributed by atoms with E-state index in [1.165, 1.54) is 0 Å². The fourth-order valence-corrected chi connectivity index (χ4v) is 3.48. The number of hydrogen-bond acceptors (Lipinski definition) is 4. The Balaban J connectivity index is 1.79. The molecule has 0 spiro atoms. The molecule has 0 aliphatic carbocycles. The van der Waals surface area contributed by atoms with Gasteiger partial charge < -0.3 is 19.7 Å². The molecule has 1 heterocycles. The summed E-state index contributed by atoms with van der Waals surface area (Å²) in [7, 11) is 3.14. The van der Waals surface area contributed by atoms with Crippen molar-refractivity contribution >= 4 is 23.2 Å². The van der Waals surface area contributed by atoms with E-state index in [0.717, 1.165) is 5.56 Å². The number of para-hydroxylation sites is 2. The summed E-state index contributed by atoms with van der Waals surface area (Å²) in [6.45, 7) is 6.65. The van der Waals surface area contributed by atoms with Crippen molar-refractivity contribution in [1.29, 1.82) is 0 Å². The summed E-state index contributed by atoms with van der Waals surface area (Å²) >= 11 is 0. The van der Waals surface area contributed by atoms with E-state index in [9.17, 15) is 9.59 Å². The van der Waals surface area contributed by atoms with Gasteiger partial charge in [0.2, 0.25) is 11.8 Å². The Labute approximate surface area is 171 Å². The van der Waals surface area contributed by atoms with Crippen molar-refractivity contribution in [3.8, 4) is 11.5 Å². The zero-order valence-electron chi connectivity index (χ0n) is 17.6. The molecule has 2 amide bonds. The van der Waals surface area contributed by atoms with Crippen LogP contribution in [-0.2, 0) is 15.0 Å². The third-order valence-corrected chi connectivity index (χ3v) is 5.20. The minimum absolute atomic E-state index is 0.0598. The van der Waals surface area contributed by atoms with Gasteiger partial charge in [0.05, 0.1) is 31.5 Å². The zero-order chi connectivity index (χ0) is 21.2. The summed E-state index contributed by atoms with van der Waals surface area (Å²) in [5.74, 6) is 0.472. The van der Waals surface area contributed by atoms with Crippen LogP contribution in [0.1, 0.15) is 32.8 Å². The monoisotopic (exact) mass is 396 g/mol. The van der Waals surface area contributed by atoms with Gasteiger partial charge in [0.15, 0.2) is 0 Å². The van der Waals surface area contributed by atoms with Gasteiger partial charge in [-0.1, -0.05) is 39.0 Å². The van der Waals surface area contributed by atoms with Crippen molar-refractivity contribution < 1.29 is 19.1 Å². The molecule has 1 aliphatic heterocycles. The second-order valence-electron chi connectivity index (χ2n) is 8.23. The van der Waals surface area contributed by atoms with E-state index in [4.69, 9.17) is 9.47 Å². The van der Waals surface area contributed by atoms with Crippen molar-refractivity contribution in [3.05, 3.63) is 48.0 Å². The van der Waals surface area contributed by atoms with Crippen molar-refractivity contribution in [2.24, 2.45) is 5.92 Å². The highest BCUT2D eigenvalue weighted by molar-refractivity contribution is 6.04. The van der Waals surface area contributed by atoms with Gasteiger partial charge in [0.25, 0.3) is 0 Å². The highest BCUT2D eigenvalue weighted by Crippen LogP contribution is 2.35. The molecule has 1 N–H and O–H groups in total. The molecule has 0 radical (unpaired) electrons. The molecule has 29 heavy (non-hydrogen) atoms. The smallest absolute Gasteiger partial charge is 0.229 e. The third-order valence-electron chi connectivity index (χ3n) is 5.20. The number of nitrogens with zero attached hydrogens (tertiary/aromatic N) is 1. The van der Waals surface area contributed by atoms with Gasteiger partial charge in [-0.15, -0.1) is 0 Å². The molecule has 2 aromatic carbocycles. The normalized spacial score (nSPS) is 16.7. The predicted molar refractivity (Wildman–Crippen MR) is 114 cm³/mol. The van der Waals surface area contributed by atoms with Crippen LogP contribution in [0.4, 0.5) is 11.4 Å². The summed E-state index contributed by atoms with van der Waals surface area (Å²) in [5.41, 5.74) is 2.33. The van der Waals surface area contributed by atoms with Crippen molar-refractivity contribution in [3.63, 3.8) is 0 Å². The maximum atomic E-state index is 12.9. The van der Waals surface area contributed by atoms with Crippen molar-refractivity contribution in [2.75, 3.05) is 31.0 Å². The minimum Gasteiger partial charge on any atom is -0.495 e. The molecule has 1 aliphatic rings. The molecule has 154 valence electrons. The quantitative estimate of drug-likeness (QED) is 0.830. The topological polar surface area (TPSA) is 67.9 Å². The third kappa shape index (κ3) is 4.36. The first kappa shape index (κ1) is 20.7. The van der Waals surface area contributed by atoms with Crippen LogP contribution in [0.3, 0.4) is 0 Å². The number of benzene rings is 2. The number of hydrogen-bond donors (Lipinski definition) is 1. The molecule has 3 rings (SSSR count). The molecule has 1 saturated heterocycles. The fraction of sp³-hybridized carbons (Fsp3) is 0.391. The van der Waals surface area contributed by atoms with Gasteiger partial charge >= 0.3 is 0 Å². The number of carbonyl (C=O) groups excluding carboxylic acids is 2. The van der Waals surface area contributed by atoms with Crippen LogP contribution in [0.5, 0.6) is 11.5 Å². The van der Waals surface area contributed by atoms with Crippen molar-refractivity contribution in [2.45, 2.75) is 32.6 Å². The van der Waals surface area contributed by atoms with Crippen LogP contribution in [0.2, 0.25) is 0 Å². The van der Waals surface area contributed by atoms with E-state index in [2.05, 4.69) is 26.1 Å². The zero-order valence-corrected chi connectivity index (χ0v) is 17.6. The number of nitrogens with one attached hydrogen (secondary N) is 1. The number of rotatable bonds is 5. The molecule has 1 unspecified atom stereocenters. The molecule has 1 atom stereocenters. The Hall–Kier alpha value is -3.02. The molecule has 1 fully saturated rings. The summed E-state index contributed by atoms with van der Waals surface area (Å²) in [5, 5.41) is 2.96. The van der Waals surface area contributed by atoms with E-state index in [1.54, 1.807) is 25.2 Å². The highest BCUT2D eigenvalue weighted by atomic mass is 16.5. The van der Waals surface area contributed by atoms with Crippen molar-refractivity contribution in [1.82, 2.24) is 0 Å². The molecule has 0 bridgehead atoms. The van der Waals surface area contributed by atoms with Crippen LogP contribution >= 0.6 is 0 Å². The number of amides is 2. The lowest BCUT2D eigenvalue weighted by molar-refractivity contribution is -0.122.